The van der Waals surface area contributed by atoms with Gasteiger partial charge in [-0.1, -0.05) is 51.1 Å². The molecule has 0 saturated heterocycles. The maximum atomic E-state index is 10.9. The molecule has 2 N–H and O–H groups in total. The van der Waals surface area contributed by atoms with E-state index in [1.54, 1.807) is 6.20 Å². The van der Waals surface area contributed by atoms with Gasteiger partial charge >= 0.3 is 0 Å². The van der Waals surface area contributed by atoms with E-state index in [1.165, 1.54) is 0 Å². The minimum atomic E-state index is -1.92. The third-order valence-electron chi connectivity index (χ3n) is 4.02. The second-order valence-electron chi connectivity index (χ2n) is 7.69. The van der Waals surface area contributed by atoms with Crippen molar-refractivity contribution in [3.63, 3.8) is 0 Å². The largest absolute Gasteiger partial charge is 0.361 e. The van der Waals surface area contributed by atoms with Crippen LogP contribution in [0.3, 0.4) is 0 Å². The molecule has 0 amide bonds. The van der Waals surface area contributed by atoms with Crippen molar-refractivity contribution in [2.75, 3.05) is 18.8 Å². The van der Waals surface area contributed by atoms with Gasteiger partial charge in [0.2, 0.25) is 0 Å². The van der Waals surface area contributed by atoms with Gasteiger partial charge in [0.1, 0.15) is 0 Å². The summed E-state index contributed by atoms with van der Waals surface area (Å²) in [4.78, 5) is 5.50. The predicted molar refractivity (Wildman–Crippen MR) is 98.9 cm³/mol. The Morgan fingerprint density at radius 3 is 2.00 bits per heavy atom. The second-order valence-corrected chi connectivity index (χ2v) is 11.8. The summed E-state index contributed by atoms with van der Waals surface area (Å²) in [5, 5.41) is 21.8. The molecule has 2 aromatic rings. The van der Waals surface area contributed by atoms with E-state index in [1.807, 2.05) is 57.2 Å². The Morgan fingerprint density at radius 1 is 0.957 bits per heavy atom. The zero-order valence-electron chi connectivity index (χ0n) is 14.8. The molecule has 0 spiro atoms. The van der Waals surface area contributed by atoms with Crippen LogP contribution in [0.5, 0.6) is 0 Å². The molecule has 0 atom stereocenters. The normalized spacial score (nSPS) is 13.9. The first kappa shape index (κ1) is 18.0. The van der Waals surface area contributed by atoms with Crippen molar-refractivity contribution in [2.45, 2.75) is 31.5 Å². The zero-order chi connectivity index (χ0) is 17.5. The number of hydrogen-bond donors (Lipinski definition) is 2. The van der Waals surface area contributed by atoms with E-state index < -0.39 is 21.2 Å². The number of hydrogen-bond acceptors (Lipinski definition) is 3. The average Bonchev–Trinajstić information content (AvgIpc) is 2.45. The van der Waals surface area contributed by atoms with Crippen LogP contribution in [0.25, 0.3) is 11.3 Å². The molecule has 0 aliphatic rings. The maximum Gasteiger partial charge on any atom is 0.195 e. The zero-order valence-corrected chi connectivity index (χ0v) is 15.6. The Labute approximate surface area is 140 Å². The molecule has 2 rings (SSSR count). The van der Waals surface area contributed by atoms with Crippen LogP contribution in [-0.2, 0) is 5.79 Å². The topological polar surface area (TPSA) is 53.4 Å². The molecule has 0 saturated carbocycles. The molecule has 0 bridgehead atoms. The first-order valence-electron chi connectivity index (χ1n) is 7.63. The summed E-state index contributed by atoms with van der Waals surface area (Å²) in [5.41, 5.74) is 1.57. The molecular formula is C19H27NO2S. The number of aliphatic hydroxyl groups is 2. The third-order valence-corrected chi connectivity index (χ3v) is 5.66. The van der Waals surface area contributed by atoms with Gasteiger partial charge < -0.3 is 10.2 Å². The van der Waals surface area contributed by atoms with Crippen LogP contribution in [-0.4, -0.2) is 34.0 Å². The lowest BCUT2D eigenvalue weighted by Crippen LogP contribution is -2.40. The summed E-state index contributed by atoms with van der Waals surface area (Å²) < 4.78 is 0. The van der Waals surface area contributed by atoms with E-state index in [2.05, 4.69) is 23.8 Å². The lowest BCUT2D eigenvalue weighted by atomic mass is 9.81. The number of benzene rings is 1. The molecule has 0 aliphatic heterocycles. The van der Waals surface area contributed by atoms with E-state index in [0.717, 1.165) is 16.2 Å². The average molecular weight is 333 g/mol. The third kappa shape index (κ3) is 3.60. The quantitative estimate of drug-likeness (QED) is 0.835. The number of pyridine rings is 1. The Morgan fingerprint density at radius 2 is 1.52 bits per heavy atom. The van der Waals surface area contributed by atoms with Crippen LogP contribution in [0.1, 0.15) is 26.3 Å². The Bertz CT molecular complexity index is 683. The molecule has 1 aromatic heterocycles. The van der Waals surface area contributed by atoms with Gasteiger partial charge in [0.25, 0.3) is 0 Å². The van der Waals surface area contributed by atoms with Crippen LogP contribution >= 0.6 is 10.0 Å². The van der Waals surface area contributed by atoms with Crippen molar-refractivity contribution >= 4 is 10.0 Å². The molecule has 126 valence electrons. The van der Waals surface area contributed by atoms with E-state index in [-0.39, 0.29) is 0 Å². The minimum Gasteiger partial charge on any atom is -0.361 e. The maximum absolute atomic E-state index is 10.9. The van der Waals surface area contributed by atoms with E-state index in [9.17, 15) is 10.2 Å². The molecule has 1 heterocycles. The smallest absolute Gasteiger partial charge is 0.195 e. The van der Waals surface area contributed by atoms with Gasteiger partial charge in [0.15, 0.2) is 5.79 Å². The van der Waals surface area contributed by atoms with E-state index in [4.69, 9.17) is 0 Å². The number of aromatic nitrogens is 1. The van der Waals surface area contributed by atoms with Crippen molar-refractivity contribution in [3.8, 4) is 11.3 Å². The molecule has 0 radical (unpaired) electrons. The van der Waals surface area contributed by atoms with Gasteiger partial charge in [0, 0.05) is 27.6 Å². The van der Waals surface area contributed by atoms with E-state index >= 15 is 0 Å². The molecule has 0 fully saturated rings. The Balaban J connectivity index is 2.70. The fourth-order valence-corrected chi connectivity index (χ4v) is 3.60. The molecule has 4 heteroatoms. The highest BCUT2D eigenvalue weighted by atomic mass is 32.3. The summed E-state index contributed by atoms with van der Waals surface area (Å²) in [5.74, 6) is -1.92. The molecule has 3 nitrogen and oxygen atoms in total. The number of nitrogens with zero attached hydrogens (tertiary/aromatic N) is 1. The van der Waals surface area contributed by atoms with Crippen LogP contribution in [0.2, 0.25) is 0 Å². The second kappa shape index (κ2) is 5.93. The Hall–Kier alpha value is -1.36. The molecular weight excluding hydrogens is 306 g/mol. The summed E-state index contributed by atoms with van der Waals surface area (Å²) in [6.07, 6.45) is 8.21. The lowest BCUT2D eigenvalue weighted by molar-refractivity contribution is -0.239. The first-order valence-corrected chi connectivity index (χ1v) is 10.5. The highest BCUT2D eigenvalue weighted by molar-refractivity contribution is 8.32. The van der Waals surface area contributed by atoms with Gasteiger partial charge in [0.05, 0.1) is 5.69 Å². The van der Waals surface area contributed by atoms with Crippen molar-refractivity contribution in [1.82, 2.24) is 4.98 Å². The van der Waals surface area contributed by atoms with Crippen molar-refractivity contribution < 1.29 is 10.2 Å². The highest BCUT2D eigenvalue weighted by Crippen LogP contribution is 2.52. The van der Waals surface area contributed by atoms with Gasteiger partial charge in [-0.15, -0.1) is 0 Å². The van der Waals surface area contributed by atoms with Gasteiger partial charge in [-0.2, -0.15) is 0 Å². The first-order chi connectivity index (χ1) is 10.4. The lowest BCUT2D eigenvalue weighted by Gasteiger charge is -2.40. The molecule has 0 aliphatic carbocycles. The van der Waals surface area contributed by atoms with Gasteiger partial charge in [-0.05, 0) is 24.8 Å². The summed E-state index contributed by atoms with van der Waals surface area (Å²) >= 11 is 0. The summed E-state index contributed by atoms with van der Waals surface area (Å²) in [6.45, 7) is 5.49. The predicted octanol–water partition coefficient (Wildman–Crippen LogP) is 3.99. The minimum absolute atomic E-state index is 0.557. The molecule has 1 aromatic carbocycles. The van der Waals surface area contributed by atoms with Crippen molar-refractivity contribution in [2.24, 2.45) is 5.41 Å². The monoisotopic (exact) mass is 333 g/mol. The summed E-state index contributed by atoms with van der Waals surface area (Å²) in [6, 6.07) is 11.6. The SMILES string of the molecule is CC(C)(C)C(O)(O)c1cc(-c2ccccc2)ncc1S(C)(C)C. The van der Waals surface area contributed by atoms with E-state index in [0.29, 0.717) is 5.56 Å². The van der Waals surface area contributed by atoms with Crippen LogP contribution in [0.15, 0.2) is 47.5 Å². The van der Waals surface area contributed by atoms with Gasteiger partial charge in [-0.25, -0.2) is 10.0 Å². The van der Waals surface area contributed by atoms with Crippen molar-refractivity contribution in [3.05, 3.63) is 48.2 Å². The Kier molecular flexibility index (Phi) is 4.64. The number of rotatable bonds is 3. The molecule has 23 heavy (non-hydrogen) atoms. The summed E-state index contributed by atoms with van der Waals surface area (Å²) in [7, 11) is -1.16. The van der Waals surface area contributed by atoms with Crippen LogP contribution in [0.4, 0.5) is 0 Å². The fraction of sp³-hybridized carbons (Fsp3) is 0.421. The molecule has 0 unspecified atom stereocenters. The fourth-order valence-electron chi connectivity index (χ4n) is 2.37. The standard InChI is InChI=1S/C19H27NO2S/c1-18(2,3)19(21,22)15-12-16(14-10-8-7-9-11-14)20-13-17(15)23(4,5)6/h7-13,21-22H,1-6H3. The van der Waals surface area contributed by atoms with Crippen LogP contribution in [0, 0.1) is 5.41 Å². The van der Waals surface area contributed by atoms with Crippen molar-refractivity contribution in [1.29, 1.82) is 0 Å². The van der Waals surface area contributed by atoms with Gasteiger partial charge in [-0.3, -0.25) is 4.98 Å². The highest BCUT2D eigenvalue weighted by Gasteiger charge is 2.42. The van der Waals surface area contributed by atoms with Crippen LogP contribution < -0.4 is 0 Å².